The van der Waals surface area contributed by atoms with Crippen LogP contribution in [-0.4, -0.2) is 9.18 Å². The molecule has 0 amide bonds. The van der Waals surface area contributed by atoms with Crippen molar-refractivity contribution in [1.82, 2.24) is 4.98 Å². The summed E-state index contributed by atoms with van der Waals surface area (Å²) in [5.74, 6) is -1.39. The number of halogens is 3. The lowest BCUT2D eigenvalue weighted by molar-refractivity contribution is -1.63. The SMILES string of the molecule is Fc1ccnc(F)c1.[O-][Br+2]([O-])O. The Morgan fingerprint density at radius 3 is 2.17 bits per heavy atom. The number of pyridine rings is 1. The Bertz CT molecular complexity index is 216. The molecule has 0 aliphatic carbocycles. The molecule has 0 radical (unpaired) electrons. The molecule has 68 valence electrons. The highest BCUT2D eigenvalue weighted by molar-refractivity contribution is 4.95. The first-order valence-electron chi connectivity index (χ1n) is 2.54. The van der Waals surface area contributed by atoms with Gasteiger partial charge in [0, 0.05) is 12.3 Å². The minimum atomic E-state index is -3.40. The van der Waals surface area contributed by atoms with E-state index >= 15 is 0 Å². The van der Waals surface area contributed by atoms with E-state index in [1.165, 1.54) is 0 Å². The fraction of sp³-hybridized carbons (Fsp3) is 0. The first-order valence-corrected chi connectivity index (χ1v) is 4.54. The summed E-state index contributed by atoms with van der Waals surface area (Å²) in [6.07, 6.45) is 1.07. The van der Waals surface area contributed by atoms with Crippen molar-refractivity contribution in [1.29, 1.82) is 0 Å². The zero-order valence-corrected chi connectivity index (χ0v) is 7.16. The van der Waals surface area contributed by atoms with Gasteiger partial charge in [-0.2, -0.15) is 4.39 Å². The summed E-state index contributed by atoms with van der Waals surface area (Å²) in [7, 11) is 0. The first kappa shape index (κ1) is 11.4. The predicted molar refractivity (Wildman–Crippen MR) is 26.4 cm³/mol. The molecule has 0 aliphatic heterocycles. The lowest BCUT2D eigenvalue weighted by atomic mass is 10.5. The second kappa shape index (κ2) is 5.95. The number of hydrogen-bond donors (Lipinski definition) is 1. The smallest absolute Gasteiger partial charge is 0.372 e. The monoisotopic (exact) mass is 243 g/mol. The van der Waals surface area contributed by atoms with E-state index in [9.17, 15) is 8.78 Å². The van der Waals surface area contributed by atoms with Gasteiger partial charge < -0.3 is 8.40 Å². The van der Waals surface area contributed by atoms with Crippen molar-refractivity contribution in [2.24, 2.45) is 0 Å². The van der Waals surface area contributed by atoms with E-state index in [0.29, 0.717) is 0 Å². The average Bonchev–Trinajstić information content (AvgIpc) is 1.84. The van der Waals surface area contributed by atoms with Crippen LogP contribution >= 0.6 is 0 Å². The molecular weight excluding hydrogens is 240 g/mol. The number of hydrogen-bond acceptors (Lipinski definition) is 4. The van der Waals surface area contributed by atoms with Crippen LogP contribution in [0.25, 0.3) is 0 Å². The van der Waals surface area contributed by atoms with Crippen LogP contribution in [-0.2, 0) is 0 Å². The van der Waals surface area contributed by atoms with Crippen molar-refractivity contribution >= 4 is 0 Å². The molecule has 1 aromatic heterocycles. The normalized spacial score (nSPS) is 9.17. The van der Waals surface area contributed by atoms with Gasteiger partial charge in [-0.3, -0.25) is 0 Å². The number of rotatable bonds is 0. The highest BCUT2D eigenvalue weighted by Gasteiger charge is 1.89. The molecule has 0 aromatic carbocycles. The maximum Gasteiger partial charge on any atom is 0.433 e. The maximum atomic E-state index is 11.9. The van der Waals surface area contributed by atoms with Gasteiger partial charge in [0.2, 0.25) is 5.95 Å². The van der Waals surface area contributed by atoms with E-state index in [4.69, 9.17) is 12.6 Å². The summed E-state index contributed by atoms with van der Waals surface area (Å²) in [6, 6.07) is 1.81. The molecule has 1 heterocycles. The third-order valence-electron chi connectivity index (χ3n) is 0.689. The summed E-state index contributed by atoms with van der Waals surface area (Å²) < 4.78 is 48.0. The van der Waals surface area contributed by atoms with Crippen LogP contribution in [0.5, 0.6) is 0 Å². The van der Waals surface area contributed by atoms with Gasteiger partial charge in [-0.25, -0.2) is 9.37 Å². The second-order valence-corrected chi connectivity index (χ2v) is 2.34. The van der Waals surface area contributed by atoms with Crippen molar-refractivity contribution in [2.75, 3.05) is 0 Å². The van der Waals surface area contributed by atoms with Gasteiger partial charge in [-0.1, -0.05) is 0 Å². The molecule has 12 heavy (non-hydrogen) atoms. The fourth-order valence-electron chi connectivity index (χ4n) is 0.379. The third-order valence-corrected chi connectivity index (χ3v) is 0.689. The Kier molecular flexibility index (Phi) is 5.64. The topological polar surface area (TPSA) is 79.2 Å². The summed E-state index contributed by atoms with van der Waals surface area (Å²) in [6.45, 7) is 0. The van der Waals surface area contributed by atoms with E-state index in [1.54, 1.807) is 0 Å². The lowest BCUT2D eigenvalue weighted by Gasteiger charge is -1.83. The molecule has 7 heteroatoms. The van der Waals surface area contributed by atoms with E-state index in [0.717, 1.165) is 18.3 Å². The summed E-state index contributed by atoms with van der Waals surface area (Å²) in [5, 5.41) is 0. The van der Waals surface area contributed by atoms with Crippen LogP contribution in [0.3, 0.4) is 0 Å². The predicted octanol–water partition coefficient (Wildman–Crippen LogP) is -1.58. The Morgan fingerprint density at radius 2 is 1.92 bits per heavy atom. The highest BCUT2D eigenvalue weighted by Crippen LogP contribution is 1.95. The second-order valence-electron chi connectivity index (χ2n) is 1.50. The summed E-state index contributed by atoms with van der Waals surface area (Å²) >= 11 is -3.40. The molecule has 0 saturated carbocycles. The lowest BCUT2D eigenvalue weighted by Crippen LogP contribution is -2.30. The van der Waals surface area contributed by atoms with E-state index < -0.39 is 26.6 Å². The van der Waals surface area contributed by atoms with E-state index in [1.807, 2.05) is 0 Å². The molecule has 0 atom stereocenters. The molecule has 1 aromatic rings. The van der Waals surface area contributed by atoms with Gasteiger partial charge in [0.05, 0.1) is 0 Å². The van der Waals surface area contributed by atoms with Gasteiger partial charge in [-0.15, -0.1) is 0 Å². The van der Waals surface area contributed by atoms with Gasteiger partial charge in [-0.05, 0) is 10.3 Å². The van der Waals surface area contributed by atoms with E-state index in [-0.39, 0.29) is 0 Å². The molecule has 1 rings (SSSR count). The zero-order valence-electron chi connectivity index (χ0n) is 5.58. The molecule has 0 spiro atoms. The van der Waals surface area contributed by atoms with Crippen LogP contribution < -0.4 is 8.40 Å². The van der Waals surface area contributed by atoms with Gasteiger partial charge in [0.15, 0.2) is 0 Å². The molecule has 0 unspecified atom stereocenters. The molecule has 0 aliphatic rings. The Labute approximate surface area is 71.9 Å². The number of aromatic nitrogens is 1. The van der Waals surface area contributed by atoms with E-state index in [2.05, 4.69) is 4.98 Å². The molecule has 0 saturated heterocycles. The Balaban J connectivity index is 0.000000261. The van der Waals surface area contributed by atoms with Crippen LogP contribution in [0, 0.1) is 26.6 Å². The molecule has 4 nitrogen and oxygen atoms in total. The zero-order chi connectivity index (χ0) is 9.56. The number of nitrogens with zero attached hydrogens (tertiary/aromatic N) is 1. The molecule has 0 fully saturated rings. The molecule has 1 N–H and O–H groups in total. The average molecular weight is 244 g/mol. The third kappa shape index (κ3) is 7.48. The van der Waals surface area contributed by atoms with Gasteiger partial charge >= 0.3 is 14.8 Å². The first-order chi connectivity index (χ1) is 5.52. The highest BCUT2D eigenvalue weighted by atomic mass is 80.0. The van der Waals surface area contributed by atoms with Gasteiger partial charge in [0.1, 0.15) is 5.82 Å². The summed E-state index contributed by atoms with van der Waals surface area (Å²) in [5.41, 5.74) is 0. The maximum absolute atomic E-state index is 11.9. The van der Waals surface area contributed by atoms with Gasteiger partial charge in [0.25, 0.3) is 0 Å². The quantitative estimate of drug-likeness (QED) is 0.559. The van der Waals surface area contributed by atoms with Crippen LogP contribution in [0.1, 0.15) is 0 Å². The van der Waals surface area contributed by atoms with Crippen molar-refractivity contribution in [2.45, 2.75) is 0 Å². The van der Waals surface area contributed by atoms with Crippen LogP contribution in [0.4, 0.5) is 8.78 Å². The molecular formula is C5H4BrF2NO3. The van der Waals surface area contributed by atoms with Crippen molar-refractivity contribution in [3.05, 3.63) is 30.1 Å². The minimum absolute atomic E-state index is 0.600. The molecule has 0 bridgehead atoms. The van der Waals surface area contributed by atoms with Crippen molar-refractivity contribution in [3.8, 4) is 0 Å². The Hall–Kier alpha value is -0.630. The largest absolute Gasteiger partial charge is 0.433 e. The minimum Gasteiger partial charge on any atom is -0.372 e. The van der Waals surface area contributed by atoms with Crippen molar-refractivity contribution in [3.63, 3.8) is 0 Å². The van der Waals surface area contributed by atoms with Crippen molar-refractivity contribution < 1.29 is 36.2 Å². The van der Waals surface area contributed by atoms with Crippen LogP contribution in [0.15, 0.2) is 18.3 Å². The summed E-state index contributed by atoms with van der Waals surface area (Å²) in [4.78, 5) is 3.13. The standard InChI is InChI=1S/C5H3F2N.BrHO3/c6-4-1-2-8-5(7)3-4;2-1(3)4/h1-3H;2H. The fourth-order valence-corrected chi connectivity index (χ4v) is 0.379. The van der Waals surface area contributed by atoms with Crippen LogP contribution in [0.2, 0.25) is 0 Å². The Morgan fingerprint density at radius 1 is 1.42 bits per heavy atom.